The summed E-state index contributed by atoms with van der Waals surface area (Å²) in [6, 6.07) is 4.94. The van der Waals surface area contributed by atoms with E-state index in [4.69, 9.17) is 9.05 Å². The fourth-order valence-corrected chi connectivity index (χ4v) is 2.05. The third kappa shape index (κ3) is 3.54. The van der Waals surface area contributed by atoms with Crippen molar-refractivity contribution in [2.24, 2.45) is 0 Å². The lowest BCUT2D eigenvalue weighted by molar-refractivity contribution is 0.0940. The summed E-state index contributed by atoms with van der Waals surface area (Å²) in [6.45, 7) is 3.72. The summed E-state index contributed by atoms with van der Waals surface area (Å²) in [7, 11) is 0. The molecule has 0 fully saturated rings. The minimum Gasteiger partial charge on any atom is -0.360 e. The maximum atomic E-state index is 13.7. The number of rotatable bonds is 5. The largest absolute Gasteiger partial charge is 0.360 e. The molecular formula is C16H14F2N4O3. The van der Waals surface area contributed by atoms with Crippen LogP contribution in [-0.2, 0) is 6.54 Å². The smallest absolute Gasteiger partial charge is 0.273 e. The summed E-state index contributed by atoms with van der Waals surface area (Å²) in [5, 5.41) is 9.80. The molecule has 0 aliphatic heterocycles. The fourth-order valence-electron chi connectivity index (χ4n) is 2.05. The van der Waals surface area contributed by atoms with Crippen molar-refractivity contribution in [3.8, 4) is 11.5 Å². The van der Waals surface area contributed by atoms with Crippen LogP contribution in [0.2, 0.25) is 0 Å². The van der Waals surface area contributed by atoms with E-state index in [9.17, 15) is 13.6 Å². The van der Waals surface area contributed by atoms with Gasteiger partial charge in [0.2, 0.25) is 0 Å². The molecule has 0 atom stereocenters. The summed E-state index contributed by atoms with van der Waals surface area (Å²) >= 11 is 0. The zero-order valence-electron chi connectivity index (χ0n) is 13.4. The number of carbonyl (C=O) groups excluding carboxylic acids is 1. The Labute approximate surface area is 141 Å². The van der Waals surface area contributed by atoms with Gasteiger partial charge in [-0.25, -0.2) is 8.78 Å². The lowest BCUT2D eigenvalue weighted by Crippen LogP contribution is -2.23. The topological polar surface area (TPSA) is 94.1 Å². The van der Waals surface area contributed by atoms with E-state index >= 15 is 0 Å². The molecule has 2 heterocycles. The summed E-state index contributed by atoms with van der Waals surface area (Å²) in [5.74, 6) is -1.67. The Hall–Kier alpha value is -3.10. The minimum atomic E-state index is -0.817. The van der Waals surface area contributed by atoms with Gasteiger partial charge in [-0.15, -0.1) is 0 Å². The van der Waals surface area contributed by atoms with Crippen molar-refractivity contribution >= 4 is 5.91 Å². The van der Waals surface area contributed by atoms with Crippen LogP contribution in [-0.4, -0.2) is 21.2 Å². The van der Waals surface area contributed by atoms with Gasteiger partial charge in [-0.05, 0) is 12.1 Å². The first-order valence-electron chi connectivity index (χ1n) is 7.47. The molecule has 0 unspecified atom stereocenters. The molecule has 1 aromatic carbocycles. The van der Waals surface area contributed by atoms with Crippen molar-refractivity contribution in [3.63, 3.8) is 0 Å². The first-order valence-corrected chi connectivity index (χ1v) is 7.47. The Balaban J connectivity index is 1.68. The summed E-state index contributed by atoms with van der Waals surface area (Å²) < 4.78 is 37.3. The molecular weight excluding hydrogens is 334 g/mol. The second-order valence-electron chi connectivity index (χ2n) is 5.56. The van der Waals surface area contributed by atoms with Crippen LogP contribution in [0, 0.1) is 11.6 Å². The first kappa shape index (κ1) is 16.7. The fraction of sp³-hybridized carbons (Fsp3) is 0.250. The average Bonchev–Trinajstić information content (AvgIpc) is 3.22. The van der Waals surface area contributed by atoms with Gasteiger partial charge in [0.05, 0.1) is 6.54 Å². The molecule has 1 N–H and O–H groups in total. The highest BCUT2D eigenvalue weighted by Gasteiger charge is 2.19. The highest BCUT2D eigenvalue weighted by Crippen LogP contribution is 2.24. The molecule has 25 heavy (non-hydrogen) atoms. The molecule has 2 aromatic heterocycles. The Morgan fingerprint density at radius 1 is 1.20 bits per heavy atom. The van der Waals surface area contributed by atoms with Crippen molar-refractivity contribution in [3.05, 3.63) is 53.2 Å². The number of amides is 1. The lowest BCUT2D eigenvalue weighted by atomic mass is 10.1. The predicted octanol–water partition coefficient (Wildman–Crippen LogP) is 3.06. The van der Waals surface area contributed by atoms with Gasteiger partial charge in [0, 0.05) is 12.0 Å². The first-order chi connectivity index (χ1) is 12.0. The molecule has 0 saturated carbocycles. The van der Waals surface area contributed by atoms with Crippen LogP contribution in [0.1, 0.15) is 41.8 Å². The van der Waals surface area contributed by atoms with Gasteiger partial charge < -0.3 is 14.4 Å². The van der Waals surface area contributed by atoms with Crippen molar-refractivity contribution in [1.82, 2.24) is 20.6 Å². The highest BCUT2D eigenvalue weighted by atomic mass is 19.1. The molecule has 0 saturated heterocycles. The lowest BCUT2D eigenvalue weighted by Gasteiger charge is -1.98. The van der Waals surface area contributed by atoms with Gasteiger partial charge in [0.25, 0.3) is 11.8 Å². The molecule has 1 amide bonds. The van der Waals surface area contributed by atoms with Crippen LogP contribution in [0.5, 0.6) is 0 Å². The SMILES string of the molecule is CC(C)c1cc(C(=O)NCc2noc(-c3c(F)cccc3F)n2)no1. The van der Waals surface area contributed by atoms with Crippen molar-refractivity contribution < 1.29 is 22.6 Å². The van der Waals surface area contributed by atoms with E-state index < -0.39 is 23.1 Å². The van der Waals surface area contributed by atoms with Gasteiger partial charge in [-0.2, -0.15) is 4.98 Å². The summed E-state index contributed by atoms with van der Waals surface area (Å²) in [4.78, 5) is 15.9. The number of hydrogen-bond acceptors (Lipinski definition) is 6. The van der Waals surface area contributed by atoms with Crippen LogP contribution in [0.3, 0.4) is 0 Å². The molecule has 0 spiro atoms. The number of hydrogen-bond donors (Lipinski definition) is 1. The highest BCUT2D eigenvalue weighted by molar-refractivity contribution is 5.92. The van der Waals surface area contributed by atoms with Crippen LogP contribution in [0.4, 0.5) is 8.78 Å². The molecule has 9 heteroatoms. The van der Waals surface area contributed by atoms with E-state index in [2.05, 4.69) is 20.6 Å². The van der Waals surface area contributed by atoms with E-state index in [1.165, 1.54) is 12.1 Å². The van der Waals surface area contributed by atoms with E-state index in [0.717, 1.165) is 12.1 Å². The second kappa shape index (κ2) is 6.80. The number of benzene rings is 1. The van der Waals surface area contributed by atoms with Crippen molar-refractivity contribution in [2.75, 3.05) is 0 Å². The minimum absolute atomic E-state index is 0.0681. The van der Waals surface area contributed by atoms with Gasteiger partial charge in [0.1, 0.15) is 23.0 Å². The monoisotopic (exact) mass is 348 g/mol. The van der Waals surface area contributed by atoms with E-state index in [-0.39, 0.29) is 29.9 Å². The van der Waals surface area contributed by atoms with Gasteiger partial charge >= 0.3 is 0 Å². The van der Waals surface area contributed by atoms with E-state index in [0.29, 0.717) is 5.76 Å². The zero-order chi connectivity index (χ0) is 18.0. The van der Waals surface area contributed by atoms with Gasteiger partial charge in [0.15, 0.2) is 11.5 Å². The number of aromatic nitrogens is 3. The van der Waals surface area contributed by atoms with Crippen LogP contribution in [0.25, 0.3) is 11.5 Å². The number of nitrogens with zero attached hydrogens (tertiary/aromatic N) is 3. The molecule has 0 aliphatic carbocycles. The van der Waals surface area contributed by atoms with E-state index in [1.807, 2.05) is 13.8 Å². The maximum absolute atomic E-state index is 13.7. The second-order valence-corrected chi connectivity index (χ2v) is 5.56. The number of halogens is 2. The Bertz CT molecular complexity index is 884. The van der Waals surface area contributed by atoms with Gasteiger partial charge in [-0.1, -0.05) is 30.2 Å². The summed E-state index contributed by atoms with van der Waals surface area (Å²) in [5.41, 5.74) is -0.293. The quantitative estimate of drug-likeness (QED) is 0.761. The summed E-state index contributed by atoms with van der Waals surface area (Å²) in [6.07, 6.45) is 0. The molecule has 130 valence electrons. The number of nitrogens with one attached hydrogen (secondary N) is 1. The van der Waals surface area contributed by atoms with Gasteiger partial charge in [-0.3, -0.25) is 4.79 Å². The predicted molar refractivity (Wildman–Crippen MR) is 81.4 cm³/mol. The number of carbonyl (C=O) groups is 1. The Morgan fingerprint density at radius 2 is 1.92 bits per heavy atom. The van der Waals surface area contributed by atoms with Crippen LogP contribution in [0.15, 0.2) is 33.3 Å². The molecule has 0 bridgehead atoms. The zero-order valence-corrected chi connectivity index (χ0v) is 13.4. The molecule has 3 rings (SSSR count). The molecule has 0 aliphatic rings. The standard InChI is InChI=1S/C16H14F2N4O3/c1-8(2)12-6-11(21-24-12)15(23)19-7-13-20-16(25-22-13)14-9(17)4-3-5-10(14)18/h3-6,8H,7H2,1-2H3,(H,19,23). The third-order valence-corrected chi connectivity index (χ3v) is 3.38. The maximum Gasteiger partial charge on any atom is 0.273 e. The molecule has 0 radical (unpaired) electrons. The van der Waals surface area contributed by atoms with Crippen molar-refractivity contribution in [1.29, 1.82) is 0 Å². The van der Waals surface area contributed by atoms with Crippen molar-refractivity contribution in [2.45, 2.75) is 26.3 Å². The normalized spacial score (nSPS) is 11.1. The van der Waals surface area contributed by atoms with E-state index in [1.54, 1.807) is 0 Å². The third-order valence-electron chi connectivity index (χ3n) is 3.38. The van der Waals surface area contributed by atoms with Crippen LogP contribution >= 0.6 is 0 Å². The Morgan fingerprint density at radius 3 is 2.56 bits per heavy atom. The van der Waals surface area contributed by atoms with Crippen LogP contribution < -0.4 is 5.32 Å². The molecule has 7 nitrogen and oxygen atoms in total. The molecule has 3 aromatic rings. The average molecular weight is 348 g/mol. The Kier molecular flexibility index (Phi) is 4.55.